The van der Waals surface area contributed by atoms with Crippen molar-refractivity contribution < 1.29 is 9.32 Å². The zero-order valence-electron chi connectivity index (χ0n) is 14.0. The molecule has 8 heteroatoms. The molecule has 1 aliphatic heterocycles. The van der Waals surface area contributed by atoms with Gasteiger partial charge in [0.05, 0.1) is 6.04 Å². The third kappa shape index (κ3) is 2.66. The van der Waals surface area contributed by atoms with E-state index in [1.807, 2.05) is 19.9 Å². The summed E-state index contributed by atoms with van der Waals surface area (Å²) in [4.78, 5) is 32.1. The number of rotatable bonds is 3. The Labute approximate surface area is 147 Å². The molecule has 1 amide bonds. The molecular formula is C17H18N4O3S. The molecule has 0 radical (unpaired) electrons. The summed E-state index contributed by atoms with van der Waals surface area (Å²) in [7, 11) is 0. The van der Waals surface area contributed by atoms with E-state index < -0.39 is 0 Å². The van der Waals surface area contributed by atoms with Gasteiger partial charge in [0.2, 0.25) is 0 Å². The van der Waals surface area contributed by atoms with E-state index in [1.165, 1.54) is 21.9 Å². The molecule has 0 aromatic carbocycles. The third-order valence-electron chi connectivity index (χ3n) is 4.54. The first-order valence-electron chi connectivity index (χ1n) is 8.28. The molecule has 4 heterocycles. The van der Waals surface area contributed by atoms with Crippen molar-refractivity contribution in [2.75, 3.05) is 6.54 Å². The Bertz CT molecular complexity index is 987. The number of nitrogens with zero attached hydrogens (tertiary/aromatic N) is 4. The average Bonchev–Trinajstić information content (AvgIpc) is 3.33. The molecule has 3 aromatic heterocycles. The molecule has 0 bridgehead atoms. The van der Waals surface area contributed by atoms with Crippen LogP contribution in [-0.2, 0) is 0 Å². The summed E-state index contributed by atoms with van der Waals surface area (Å²) in [6.07, 6.45) is 4.70. The van der Waals surface area contributed by atoms with Crippen molar-refractivity contribution >= 4 is 22.2 Å². The Hall–Kier alpha value is -2.48. The van der Waals surface area contributed by atoms with Crippen molar-refractivity contribution in [3.8, 4) is 0 Å². The van der Waals surface area contributed by atoms with Crippen molar-refractivity contribution in [1.29, 1.82) is 0 Å². The Morgan fingerprint density at radius 2 is 2.28 bits per heavy atom. The van der Waals surface area contributed by atoms with Gasteiger partial charge in [0.15, 0.2) is 4.96 Å². The summed E-state index contributed by atoms with van der Waals surface area (Å²) in [5, 5.41) is 5.92. The summed E-state index contributed by atoms with van der Waals surface area (Å²) in [6.45, 7) is 4.66. The number of carbonyl (C=O) groups excluding carboxylic acids is 1. The molecule has 1 atom stereocenters. The van der Waals surface area contributed by atoms with Crippen molar-refractivity contribution in [3.05, 3.63) is 51.2 Å². The summed E-state index contributed by atoms with van der Waals surface area (Å²) in [5.74, 6) is 0.743. The Kier molecular flexibility index (Phi) is 3.91. The van der Waals surface area contributed by atoms with Crippen LogP contribution in [0.4, 0.5) is 0 Å². The lowest BCUT2D eigenvalue weighted by molar-refractivity contribution is 0.0728. The van der Waals surface area contributed by atoms with E-state index in [1.54, 1.807) is 16.5 Å². The van der Waals surface area contributed by atoms with Gasteiger partial charge in [-0.05, 0) is 12.8 Å². The van der Waals surface area contributed by atoms with Crippen molar-refractivity contribution in [3.63, 3.8) is 0 Å². The average molecular weight is 358 g/mol. The Morgan fingerprint density at radius 3 is 3.04 bits per heavy atom. The molecule has 7 nitrogen and oxygen atoms in total. The third-order valence-corrected chi connectivity index (χ3v) is 5.31. The summed E-state index contributed by atoms with van der Waals surface area (Å²) in [5.41, 5.74) is 0.513. The monoisotopic (exact) mass is 358 g/mol. The van der Waals surface area contributed by atoms with Gasteiger partial charge in [0.25, 0.3) is 11.5 Å². The summed E-state index contributed by atoms with van der Waals surface area (Å²) in [6, 6.07) is 1.75. The summed E-state index contributed by atoms with van der Waals surface area (Å²) < 4.78 is 6.79. The highest BCUT2D eigenvalue weighted by atomic mass is 32.1. The first-order valence-corrected chi connectivity index (χ1v) is 9.16. The van der Waals surface area contributed by atoms with Gasteiger partial charge < -0.3 is 9.42 Å². The van der Waals surface area contributed by atoms with Crippen LogP contribution in [0, 0.1) is 0 Å². The molecule has 130 valence electrons. The van der Waals surface area contributed by atoms with Gasteiger partial charge in [-0.15, -0.1) is 11.3 Å². The predicted octanol–water partition coefficient (Wildman–Crippen LogP) is 2.84. The largest absolute Gasteiger partial charge is 0.361 e. The molecule has 4 rings (SSSR count). The maximum absolute atomic E-state index is 13.0. The second kappa shape index (κ2) is 6.11. The zero-order chi connectivity index (χ0) is 17.6. The van der Waals surface area contributed by atoms with Gasteiger partial charge in [-0.3, -0.25) is 14.0 Å². The fourth-order valence-electron chi connectivity index (χ4n) is 3.18. The van der Waals surface area contributed by atoms with Crippen LogP contribution in [0.2, 0.25) is 0 Å². The number of thiazole rings is 1. The minimum absolute atomic E-state index is 0.0929. The maximum Gasteiger partial charge on any atom is 0.271 e. The van der Waals surface area contributed by atoms with Gasteiger partial charge in [-0.25, -0.2) is 4.98 Å². The molecule has 25 heavy (non-hydrogen) atoms. The van der Waals surface area contributed by atoms with Crippen molar-refractivity contribution in [2.24, 2.45) is 0 Å². The van der Waals surface area contributed by atoms with Crippen LogP contribution >= 0.6 is 11.3 Å². The van der Waals surface area contributed by atoms with E-state index >= 15 is 0 Å². The fraction of sp³-hybridized carbons (Fsp3) is 0.412. The molecule has 0 N–H and O–H groups in total. The lowest BCUT2D eigenvalue weighted by Gasteiger charge is -2.22. The first-order chi connectivity index (χ1) is 12.1. The lowest BCUT2D eigenvalue weighted by atomic mass is 10.1. The number of hydrogen-bond donors (Lipinski definition) is 0. The van der Waals surface area contributed by atoms with Crippen LogP contribution < -0.4 is 5.56 Å². The van der Waals surface area contributed by atoms with Gasteiger partial charge in [-0.1, -0.05) is 19.0 Å². The van der Waals surface area contributed by atoms with Crippen molar-refractivity contribution in [1.82, 2.24) is 19.4 Å². The van der Waals surface area contributed by atoms with E-state index in [2.05, 4.69) is 10.1 Å². The molecule has 3 aromatic rings. The smallest absolute Gasteiger partial charge is 0.271 e. The molecule has 1 saturated heterocycles. The minimum atomic E-state index is -0.329. The van der Waals surface area contributed by atoms with Crippen LogP contribution in [-0.4, -0.2) is 31.9 Å². The standard InChI is InChI=1S/C17H18N4O3S/c1-10(2)14-8-12(19-24-14)13-4-3-5-20(13)15(22)11-9-18-17-21(16(11)23)6-7-25-17/h6-10,13H,3-5H2,1-2H3/t13-/m0/s1. The minimum Gasteiger partial charge on any atom is -0.361 e. The molecule has 0 spiro atoms. The van der Waals surface area contributed by atoms with E-state index in [9.17, 15) is 9.59 Å². The van der Waals surface area contributed by atoms with E-state index in [4.69, 9.17) is 4.52 Å². The number of amides is 1. The molecule has 0 aliphatic carbocycles. The van der Waals surface area contributed by atoms with Crippen LogP contribution in [0.1, 0.15) is 60.5 Å². The van der Waals surface area contributed by atoms with Gasteiger partial charge >= 0.3 is 0 Å². The van der Waals surface area contributed by atoms with E-state index in [-0.39, 0.29) is 29.0 Å². The lowest BCUT2D eigenvalue weighted by Crippen LogP contribution is -2.35. The van der Waals surface area contributed by atoms with Gasteiger partial charge in [0.1, 0.15) is 17.0 Å². The number of aromatic nitrogens is 3. The number of fused-ring (bicyclic) bond motifs is 1. The SMILES string of the molecule is CC(C)c1cc([C@@H]2CCCN2C(=O)c2cnc3sccn3c2=O)no1. The van der Waals surface area contributed by atoms with Crippen molar-refractivity contribution in [2.45, 2.75) is 38.6 Å². The first kappa shape index (κ1) is 16.0. The van der Waals surface area contributed by atoms with Crippen LogP contribution in [0.3, 0.4) is 0 Å². The quantitative estimate of drug-likeness (QED) is 0.719. The summed E-state index contributed by atoms with van der Waals surface area (Å²) >= 11 is 1.36. The Morgan fingerprint density at radius 1 is 1.44 bits per heavy atom. The topological polar surface area (TPSA) is 80.7 Å². The normalized spacial score (nSPS) is 17.7. The second-order valence-corrected chi connectivity index (χ2v) is 7.37. The predicted molar refractivity (Wildman–Crippen MR) is 92.9 cm³/mol. The number of carbonyl (C=O) groups is 1. The highest BCUT2D eigenvalue weighted by Crippen LogP contribution is 2.33. The molecule has 1 aliphatic rings. The molecule has 1 fully saturated rings. The van der Waals surface area contributed by atoms with Crippen LogP contribution in [0.25, 0.3) is 4.96 Å². The van der Waals surface area contributed by atoms with Gasteiger partial charge in [-0.2, -0.15) is 0 Å². The number of hydrogen-bond acceptors (Lipinski definition) is 6. The van der Waals surface area contributed by atoms with E-state index in [0.717, 1.165) is 24.3 Å². The maximum atomic E-state index is 13.0. The van der Waals surface area contributed by atoms with Crippen LogP contribution in [0.5, 0.6) is 0 Å². The van der Waals surface area contributed by atoms with Crippen LogP contribution in [0.15, 0.2) is 33.2 Å². The van der Waals surface area contributed by atoms with Gasteiger partial charge in [0, 0.05) is 36.3 Å². The highest BCUT2D eigenvalue weighted by molar-refractivity contribution is 7.15. The zero-order valence-corrected chi connectivity index (χ0v) is 14.8. The fourth-order valence-corrected chi connectivity index (χ4v) is 3.85. The molecule has 0 unspecified atom stereocenters. The Balaban J connectivity index is 1.67. The number of likely N-dealkylation sites (tertiary alicyclic amines) is 1. The molecule has 0 saturated carbocycles. The highest BCUT2D eigenvalue weighted by Gasteiger charge is 2.34. The molecular weight excluding hydrogens is 340 g/mol. The second-order valence-electron chi connectivity index (χ2n) is 6.50. The van der Waals surface area contributed by atoms with E-state index in [0.29, 0.717) is 11.5 Å².